The second kappa shape index (κ2) is 9.42. The highest BCUT2D eigenvalue weighted by atomic mass is 35.5. The summed E-state index contributed by atoms with van der Waals surface area (Å²) in [6.45, 7) is 5.71. The number of amides is 1. The number of esters is 1. The van der Waals surface area contributed by atoms with Crippen LogP contribution in [-0.2, 0) is 9.53 Å². The molecule has 2 aromatic rings. The Labute approximate surface area is 164 Å². The van der Waals surface area contributed by atoms with E-state index >= 15 is 0 Å². The van der Waals surface area contributed by atoms with Gasteiger partial charge < -0.3 is 14.8 Å². The molecule has 0 spiro atoms. The number of hydrogen-bond acceptors (Lipinski definition) is 4. The molecule has 0 saturated carbocycles. The molecule has 1 amide bonds. The highest BCUT2D eigenvalue weighted by Crippen LogP contribution is 2.27. The minimum absolute atomic E-state index is 0.171. The van der Waals surface area contributed by atoms with Gasteiger partial charge in [0.15, 0.2) is 6.10 Å². The molecule has 27 heavy (non-hydrogen) atoms. The van der Waals surface area contributed by atoms with Crippen LogP contribution in [-0.4, -0.2) is 25.1 Å². The molecule has 0 aliphatic heterocycles. The fraction of sp³-hybridized carbons (Fsp3) is 0.333. The molecule has 0 fully saturated rings. The Hall–Kier alpha value is -2.53. The van der Waals surface area contributed by atoms with Crippen LogP contribution in [0.15, 0.2) is 42.5 Å². The second-order valence-corrected chi connectivity index (χ2v) is 6.71. The van der Waals surface area contributed by atoms with Crippen LogP contribution in [0.25, 0.3) is 0 Å². The molecule has 2 aromatic carbocycles. The second-order valence-electron chi connectivity index (χ2n) is 6.28. The van der Waals surface area contributed by atoms with Crippen molar-refractivity contribution in [1.82, 2.24) is 0 Å². The molecule has 0 saturated heterocycles. The number of para-hydroxylation sites is 1. The van der Waals surface area contributed by atoms with E-state index in [0.717, 1.165) is 17.7 Å². The van der Waals surface area contributed by atoms with Gasteiger partial charge in [0.05, 0.1) is 7.11 Å². The van der Waals surface area contributed by atoms with Crippen LogP contribution in [0.1, 0.15) is 49.0 Å². The van der Waals surface area contributed by atoms with Crippen LogP contribution in [0.5, 0.6) is 5.75 Å². The van der Waals surface area contributed by atoms with E-state index in [-0.39, 0.29) is 5.56 Å². The lowest BCUT2D eigenvalue weighted by Crippen LogP contribution is -2.30. The molecule has 0 heterocycles. The molecule has 0 aliphatic rings. The number of carbonyl (C=O) groups is 2. The Kier molecular flexibility index (Phi) is 7.25. The van der Waals surface area contributed by atoms with Crippen molar-refractivity contribution in [3.63, 3.8) is 0 Å². The molecule has 0 bridgehead atoms. The normalized spacial score (nSPS) is 12.8. The number of anilines is 1. The first-order chi connectivity index (χ1) is 12.9. The van der Waals surface area contributed by atoms with Gasteiger partial charge in [0, 0.05) is 10.7 Å². The summed E-state index contributed by atoms with van der Waals surface area (Å²) in [5.41, 5.74) is 1.94. The number of methoxy groups -OCH3 is 1. The summed E-state index contributed by atoms with van der Waals surface area (Å²) in [6, 6.07) is 12.3. The number of carbonyl (C=O) groups excluding carboxylic acids is 2. The average Bonchev–Trinajstić information content (AvgIpc) is 2.67. The summed E-state index contributed by atoms with van der Waals surface area (Å²) < 4.78 is 10.5. The molecular formula is C21H24ClNO4. The van der Waals surface area contributed by atoms with E-state index in [2.05, 4.69) is 19.2 Å². The SMILES string of the molecule is CC[C@@H](C)c1ccccc1NC(=O)[C@@H](C)OC(=O)c1cc(Cl)ccc1OC. The molecule has 6 heteroatoms. The van der Waals surface area contributed by atoms with Crippen molar-refractivity contribution < 1.29 is 19.1 Å². The molecule has 2 atom stereocenters. The van der Waals surface area contributed by atoms with Crippen molar-refractivity contribution in [3.05, 3.63) is 58.6 Å². The molecule has 5 nitrogen and oxygen atoms in total. The third kappa shape index (κ3) is 5.23. The third-order valence-corrected chi connectivity index (χ3v) is 4.63. The highest BCUT2D eigenvalue weighted by Gasteiger charge is 2.22. The number of ether oxygens (including phenoxy) is 2. The van der Waals surface area contributed by atoms with Crippen molar-refractivity contribution in [2.45, 2.75) is 39.2 Å². The Bertz CT molecular complexity index is 822. The average molecular weight is 390 g/mol. The number of hydrogen-bond donors (Lipinski definition) is 1. The smallest absolute Gasteiger partial charge is 0.342 e. The van der Waals surface area contributed by atoms with Crippen molar-refractivity contribution in [2.24, 2.45) is 0 Å². The van der Waals surface area contributed by atoms with E-state index < -0.39 is 18.0 Å². The van der Waals surface area contributed by atoms with Crippen LogP contribution in [0.4, 0.5) is 5.69 Å². The van der Waals surface area contributed by atoms with Gasteiger partial charge in [-0.3, -0.25) is 4.79 Å². The fourth-order valence-corrected chi connectivity index (χ4v) is 2.78. The van der Waals surface area contributed by atoms with Crippen LogP contribution < -0.4 is 10.1 Å². The van der Waals surface area contributed by atoms with Crippen molar-refractivity contribution in [2.75, 3.05) is 12.4 Å². The number of halogens is 1. The summed E-state index contributed by atoms with van der Waals surface area (Å²) in [5.74, 6) is -0.443. The zero-order chi connectivity index (χ0) is 20.0. The van der Waals surface area contributed by atoms with Crippen molar-refractivity contribution in [1.29, 1.82) is 0 Å². The largest absolute Gasteiger partial charge is 0.496 e. The van der Waals surface area contributed by atoms with E-state index in [9.17, 15) is 9.59 Å². The zero-order valence-electron chi connectivity index (χ0n) is 15.9. The highest BCUT2D eigenvalue weighted by molar-refractivity contribution is 6.31. The van der Waals surface area contributed by atoms with E-state index in [4.69, 9.17) is 21.1 Å². The lowest BCUT2D eigenvalue weighted by atomic mass is 9.97. The molecular weight excluding hydrogens is 366 g/mol. The summed E-state index contributed by atoms with van der Waals surface area (Å²) >= 11 is 5.94. The van der Waals surface area contributed by atoms with E-state index in [1.165, 1.54) is 20.1 Å². The third-order valence-electron chi connectivity index (χ3n) is 4.40. The number of nitrogens with one attached hydrogen (secondary N) is 1. The van der Waals surface area contributed by atoms with E-state index in [1.807, 2.05) is 24.3 Å². The zero-order valence-corrected chi connectivity index (χ0v) is 16.7. The summed E-state index contributed by atoms with van der Waals surface area (Å²) in [6.07, 6.45) is -0.0300. The fourth-order valence-electron chi connectivity index (χ4n) is 2.61. The Balaban J connectivity index is 2.11. The van der Waals surface area contributed by atoms with Gasteiger partial charge in [-0.25, -0.2) is 4.79 Å². The lowest BCUT2D eigenvalue weighted by Gasteiger charge is -2.18. The Morgan fingerprint density at radius 3 is 2.52 bits per heavy atom. The van der Waals surface area contributed by atoms with Crippen molar-refractivity contribution in [3.8, 4) is 5.75 Å². The molecule has 0 unspecified atom stereocenters. The van der Waals surface area contributed by atoms with E-state index in [1.54, 1.807) is 12.1 Å². The Morgan fingerprint density at radius 1 is 1.15 bits per heavy atom. The van der Waals surface area contributed by atoms with E-state index in [0.29, 0.717) is 16.7 Å². The van der Waals surface area contributed by atoms with Gasteiger partial charge in [-0.15, -0.1) is 0 Å². The van der Waals surface area contributed by atoms with Gasteiger partial charge in [-0.2, -0.15) is 0 Å². The molecule has 0 radical (unpaired) electrons. The monoisotopic (exact) mass is 389 g/mol. The van der Waals surface area contributed by atoms with Crippen LogP contribution in [0, 0.1) is 0 Å². The standard InChI is InChI=1S/C21H24ClNO4/c1-5-13(2)16-8-6-7-9-18(16)23-20(24)14(3)27-21(25)17-12-15(22)10-11-19(17)26-4/h6-14H,5H2,1-4H3,(H,23,24)/t13-,14-/m1/s1. The maximum absolute atomic E-state index is 12.5. The summed E-state index contributed by atoms with van der Waals surface area (Å²) in [5, 5.41) is 3.23. The first-order valence-electron chi connectivity index (χ1n) is 8.81. The minimum atomic E-state index is -0.980. The first kappa shape index (κ1) is 20.8. The van der Waals surface area contributed by atoms with Gasteiger partial charge in [-0.1, -0.05) is 43.6 Å². The predicted octanol–water partition coefficient (Wildman–Crippen LogP) is 5.05. The lowest BCUT2D eigenvalue weighted by molar-refractivity contribution is -0.123. The Morgan fingerprint density at radius 2 is 1.85 bits per heavy atom. The molecule has 0 aliphatic carbocycles. The number of benzene rings is 2. The molecule has 0 aromatic heterocycles. The topological polar surface area (TPSA) is 64.6 Å². The van der Waals surface area contributed by atoms with Gasteiger partial charge in [0.1, 0.15) is 11.3 Å². The van der Waals surface area contributed by atoms with Crippen LogP contribution in [0.2, 0.25) is 5.02 Å². The van der Waals surface area contributed by atoms with Gasteiger partial charge >= 0.3 is 5.97 Å². The van der Waals surface area contributed by atoms with Gasteiger partial charge in [0.25, 0.3) is 5.91 Å². The molecule has 144 valence electrons. The van der Waals surface area contributed by atoms with Crippen molar-refractivity contribution >= 4 is 29.2 Å². The predicted molar refractivity (Wildman–Crippen MR) is 107 cm³/mol. The van der Waals surface area contributed by atoms with Gasteiger partial charge in [-0.05, 0) is 49.1 Å². The summed E-state index contributed by atoms with van der Waals surface area (Å²) in [7, 11) is 1.45. The summed E-state index contributed by atoms with van der Waals surface area (Å²) in [4.78, 5) is 24.9. The quantitative estimate of drug-likeness (QED) is 0.673. The molecule has 1 N–H and O–H groups in total. The minimum Gasteiger partial charge on any atom is -0.496 e. The van der Waals surface area contributed by atoms with Crippen LogP contribution >= 0.6 is 11.6 Å². The first-order valence-corrected chi connectivity index (χ1v) is 9.19. The maximum Gasteiger partial charge on any atom is 0.342 e. The number of rotatable bonds is 7. The molecule has 2 rings (SSSR count). The van der Waals surface area contributed by atoms with Crippen LogP contribution in [0.3, 0.4) is 0 Å². The maximum atomic E-state index is 12.5. The van der Waals surface area contributed by atoms with Gasteiger partial charge in [0.2, 0.25) is 0 Å².